The molecule has 0 saturated carbocycles. The zero-order chi connectivity index (χ0) is 11.5. The highest BCUT2D eigenvalue weighted by Crippen LogP contribution is 2.24. The minimum Gasteiger partial charge on any atom is -0.339 e. The van der Waals surface area contributed by atoms with Crippen LogP contribution in [0, 0.1) is 0 Å². The van der Waals surface area contributed by atoms with Crippen molar-refractivity contribution in [2.45, 2.75) is 19.4 Å². The lowest BCUT2D eigenvalue weighted by Gasteiger charge is -2.08. The summed E-state index contributed by atoms with van der Waals surface area (Å²) in [6.07, 6.45) is 0.718. The molecule has 0 fully saturated rings. The fourth-order valence-corrected chi connectivity index (χ4v) is 1.94. The third-order valence-electron chi connectivity index (χ3n) is 2.30. The molecule has 0 bridgehead atoms. The number of benzene rings is 1. The zero-order valence-electron chi connectivity index (χ0n) is 8.85. The lowest BCUT2D eigenvalue weighted by molar-refractivity contribution is 0.375. The van der Waals surface area contributed by atoms with Crippen LogP contribution in [0.15, 0.2) is 33.3 Å². The fraction of sp³-hybridized carbons (Fsp3) is 0.273. The van der Waals surface area contributed by atoms with E-state index in [-0.39, 0.29) is 6.04 Å². The van der Waals surface area contributed by atoms with Gasteiger partial charge in [-0.1, -0.05) is 46.2 Å². The Bertz CT molecular complexity index is 484. The summed E-state index contributed by atoms with van der Waals surface area (Å²) in [5.74, 6) is 1.13. The number of nitrogens with two attached hydrogens (primary N) is 1. The molecule has 4 nitrogen and oxygen atoms in total. The third-order valence-corrected chi connectivity index (χ3v) is 3.03. The molecule has 0 saturated heterocycles. The molecule has 2 N–H and O–H groups in total. The highest BCUT2D eigenvalue weighted by molar-refractivity contribution is 9.10. The Morgan fingerprint density at radius 2 is 2.19 bits per heavy atom. The van der Waals surface area contributed by atoms with Crippen molar-refractivity contribution >= 4 is 15.9 Å². The molecule has 1 aromatic carbocycles. The topological polar surface area (TPSA) is 64.9 Å². The average molecular weight is 282 g/mol. The first-order chi connectivity index (χ1) is 7.72. The van der Waals surface area contributed by atoms with E-state index < -0.39 is 0 Å². The molecule has 5 heteroatoms. The van der Waals surface area contributed by atoms with E-state index in [0.29, 0.717) is 11.7 Å². The van der Waals surface area contributed by atoms with Crippen molar-refractivity contribution < 1.29 is 4.52 Å². The van der Waals surface area contributed by atoms with Gasteiger partial charge < -0.3 is 10.3 Å². The van der Waals surface area contributed by atoms with Gasteiger partial charge in [0.1, 0.15) is 0 Å². The predicted octanol–water partition coefficient (Wildman–Crippen LogP) is 2.44. The summed E-state index contributed by atoms with van der Waals surface area (Å²) in [6, 6.07) is 7.39. The molecule has 1 aromatic heterocycles. The molecule has 0 radical (unpaired) electrons. The van der Waals surface area contributed by atoms with E-state index in [0.717, 1.165) is 16.5 Å². The van der Waals surface area contributed by atoms with Gasteiger partial charge in [-0.3, -0.25) is 0 Å². The Hall–Kier alpha value is -1.20. The molecule has 1 unspecified atom stereocenters. The molecule has 16 heavy (non-hydrogen) atoms. The van der Waals surface area contributed by atoms with E-state index in [1.807, 2.05) is 31.2 Å². The van der Waals surface area contributed by atoms with Crippen LogP contribution in [0.5, 0.6) is 0 Å². The van der Waals surface area contributed by atoms with E-state index in [2.05, 4.69) is 26.1 Å². The predicted molar refractivity (Wildman–Crippen MR) is 63.8 cm³/mol. The number of nitrogens with zero attached hydrogens (tertiary/aromatic N) is 2. The van der Waals surface area contributed by atoms with Crippen LogP contribution in [0.2, 0.25) is 0 Å². The Labute approximate surface area is 102 Å². The lowest BCUT2D eigenvalue weighted by Crippen LogP contribution is -2.14. The van der Waals surface area contributed by atoms with Gasteiger partial charge in [-0.2, -0.15) is 4.98 Å². The summed E-state index contributed by atoms with van der Waals surface area (Å²) in [6.45, 7) is 1.96. The van der Waals surface area contributed by atoms with Crippen LogP contribution in [0.4, 0.5) is 0 Å². The molecule has 84 valence electrons. The largest absolute Gasteiger partial charge is 0.339 e. The van der Waals surface area contributed by atoms with Crippen LogP contribution in [0.25, 0.3) is 0 Å². The minimum atomic E-state index is -0.361. The van der Waals surface area contributed by atoms with Crippen molar-refractivity contribution in [3.63, 3.8) is 0 Å². The van der Waals surface area contributed by atoms with Gasteiger partial charge in [-0.15, -0.1) is 0 Å². The second-order valence-electron chi connectivity index (χ2n) is 3.40. The molecule has 2 aromatic rings. The third kappa shape index (κ3) is 2.15. The number of hydrogen-bond donors (Lipinski definition) is 1. The van der Waals surface area contributed by atoms with Crippen molar-refractivity contribution in [1.82, 2.24) is 10.1 Å². The van der Waals surface area contributed by atoms with Gasteiger partial charge in [0.2, 0.25) is 5.89 Å². The number of rotatable bonds is 3. The highest BCUT2D eigenvalue weighted by atomic mass is 79.9. The van der Waals surface area contributed by atoms with E-state index in [1.54, 1.807) is 0 Å². The van der Waals surface area contributed by atoms with Crippen LogP contribution in [0.1, 0.15) is 30.2 Å². The molecule has 1 atom stereocenters. The van der Waals surface area contributed by atoms with Gasteiger partial charge in [0, 0.05) is 10.9 Å². The van der Waals surface area contributed by atoms with E-state index >= 15 is 0 Å². The normalized spacial score (nSPS) is 12.7. The number of aryl methyl sites for hydroxylation is 1. The molecule has 0 aliphatic rings. The summed E-state index contributed by atoms with van der Waals surface area (Å²) in [7, 11) is 0. The zero-order valence-corrected chi connectivity index (χ0v) is 10.4. The van der Waals surface area contributed by atoms with E-state index in [1.165, 1.54) is 0 Å². The van der Waals surface area contributed by atoms with Crippen LogP contribution < -0.4 is 5.73 Å². The van der Waals surface area contributed by atoms with Gasteiger partial charge in [0.15, 0.2) is 5.82 Å². The Kier molecular flexibility index (Phi) is 3.36. The molecular weight excluding hydrogens is 270 g/mol. The SMILES string of the molecule is CCc1nc(C(N)c2ccccc2Br)no1. The van der Waals surface area contributed by atoms with Crippen molar-refractivity contribution in [2.75, 3.05) is 0 Å². The first-order valence-corrected chi connectivity index (χ1v) is 5.84. The molecule has 2 rings (SSSR count). The number of halogens is 1. The first-order valence-electron chi connectivity index (χ1n) is 5.05. The number of hydrogen-bond acceptors (Lipinski definition) is 4. The molecule has 0 amide bonds. The van der Waals surface area contributed by atoms with Gasteiger partial charge >= 0.3 is 0 Å². The second-order valence-corrected chi connectivity index (χ2v) is 4.25. The van der Waals surface area contributed by atoms with Gasteiger partial charge in [-0.25, -0.2) is 0 Å². The van der Waals surface area contributed by atoms with Crippen LogP contribution >= 0.6 is 15.9 Å². The Balaban J connectivity index is 2.31. The summed E-state index contributed by atoms with van der Waals surface area (Å²) in [4.78, 5) is 4.22. The smallest absolute Gasteiger partial charge is 0.226 e. The maximum atomic E-state index is 6.07. The maximum absolute atomic E-state index is 6.07. The highest BCUT2D eigenvalue weighted by Gasteiger charge is 2.17. The first kappa shape index (κ1) is 11.3. The Morgan fingerprint density at radius 1 is 1.44 bits per heavy atom. The molecular formula is C11H12BrN3O. The summed E-state index contributed by atoms with van der Waals surface area (Å²) < 4.78 is 5.99. The van der Waals surface area contributed by atoms with Crippen molar-refractivity contribution in [3.8, 4) is 0 Å². The molecule has 0 spiro atoms. The standard InChI is InChI=1S/C11H12BrN3O/c1-2-9-14-11(15-16-9)10(13)7-5-3-4-6-8(7)12/h3-6,10H,2,13H2,1H3. The minimum absolute atomic E-state index is 0.361. The van der Waals surface area contributed by atoms with Crippen molar-refractivity contribution in [2.24, 2.45) is 5.73 Å². The van der Waals surface area contributed by atoms with Gasteiger partial charge in [0.25, 0.3) is 0 Å². The van der Waals surface area contributed by atoms with Crippen LogP contribution in [-0.2, 0) is 6.42 Å². The van der Waals surface area contributed by atoms with E-state index in [9.17, 15) is 0 Å². The van der Waals surface area contributed by atoms with Gasteiger partial charge in [0.05, 0.1) is 6.04 Å². The van der Waals surface area contributed by atoms with Crippen molar-refractivity contribution in [1.29, 1.82) is 0 Å². The summed E-state index contributed by atoms with van der Waals surface area (Å²) in [5, 5.41) is 3.87. The van der Waals surface area contributed by atoms with Crippen molar-refractivity contribution in [3.05, 3.63) is 46.0 Å². The lowest BCUT2D eigenvalue weighted by atomic mass is 10.1. The molecule has 0 aliphatic carbocycles. The quantitative estimate of drug-likeness (QED) is 0.939. The molecule has 0 aliphatic heterocycles. The fourth-order valence-electron chi connectivity index (χ4n) is 1.40. The second kappa shape index (κ2) is 4.76. The average Bonchev–Trinajstić information content (AvgIpc) is 2.77. The Morgan fingerprint density at radius 3 is 2.81 bits per heavy atom. The summed E-state index contributed by atoms with van der Waals surface area (Å²) in [5.41, 5.74) is 7.02. The monoisotopic (exact) mass is 281 g/mol. The van der Waals surface area contributed by atoms with Crippen LogP contribution in [-0.4, -0.2) is 10.1 Å². The van der Waals surface area contributed by atoms with E-state index in [4.69, 9.17) is 10.3 Å². The number of aromatic nitrogens is 2. The van der Waals surface area contributed by atoms with Crippen LogP contribution in [0.3, 0.4) is 0 Å². The summed E-state index contributed by atoms with van der Waals surface area (Å²) >= 11 is 3.45. The molecule has 1 heterocycles. The maximum Gasteiger partial charge on any atom is 0.226 e. The van der Waals surface area contributed by atoms with Gasteiger partial charge in [-0.05, 0) is 11.6 Å².